The molecule has 16 heavy (non-hydrogen) atoms. The molecule has 2 N–H and O–H groups in total. The molecule has 1 fully saturated rings. The Bertz CT molecular complexity index is 243. The Morgan fingerprint density at radius 1 is 1.56 bits per heavy atom. The maximum atomic E-state index is 10.6. The summed E-state index contributed by atoms with van der Waals surface area (Å²) in [5, 5.41) is 11.3. The highest BCUT2D eigenvalue weighted by Gasteiger charge is 2.35. The van der Waals surface area contributed by atoms with Gasteiger partial charge in [0.15, 0.2) is 0 Å². The molecule has 1 rings (SSSR count). The Morgan fingerprint density at radius 3 is 2.50 bits per heavy atom. The Balaban J connectivity index is 2.38. The Labute approximate surface area is 97.4 Å². The fourth-order valence-corrected chi connectivity index (χ4v) is 2.31. The van der Waals surface area contributed by atoms with Crippen molar-refractivity contribution in [1.29, 1.82) is 0 Å². The molecular formula is C12H23NO3. The van der Waals surface area contributed by atoms with Crippen LogP contribution in [0.2, 0.25) is 0 Å². The summed E-state index contributed by atoms with van der Waals surface area (Å²) < 4.78 is 5.18. The highest BCUT2D eigenvalue weighted by Crippen LogP contribution is 2.29. The van der Waals surface area contributed by atoms with Gasteiger partial charge in [0, 0.05) is 0 Å². The van der Waals surface area contributed by atoms with Crippen LogP contribution in [0.3, 0.4) is 0 Å². The minimum atomic E-state index is -0.955. The van der Waals surface area contributed by atoms with E-state index in [0.29, 0.717) is 12.5 Å². The molecule has 1 heterocycles. The summed E-state index contributed by atoms with van der Waals surface area (Å²) in [6, 6.07) is -0.0464. The quantitative estimate of drug-likeness (QED) is 0.712. The van der Waals surface area contributed by atoms with Crippen molar-refractivity contribution in [3.05, 3.63) is 0 Å². The molecule has 1 aliphatic rings. The van der Waals surface area contributed by atoms with Gasteiger partial charge in [-0.05, 0) is 24.2 Å². The molecule has 0 aliphatic carbocycles. The maximum Gasteiger partial charge on any atom is 0.404 e. The molecular weight excluding hydrogens is 206 g/mol. The molecule has 0 aromatic heterocycles. The number of hydrogen-bond acceptors (Lipinski definition) is 2. The molecule has 0 bridgehead atoms. The summed E-state index contributed by atoms with van der Waals surface area (Å²) in [6.45, 7) is 9.47. The molecule has 1 amide bonds. The van der Waals surface area contributed by atoms with Gasteiger partial charge in [-0.15, -0.1) is 0 Å². The van der Waals surface area contributed by atoms with Crippen LogP contribution < -0.4 is 5.32 Å². The largest absolute Gasteiger partial charge is 0.465 e. The first kappa shape index (κ1) is 13.3. The number of nitrogens with one attached hydrogen (secondary N) is 1. The van der Waals surface area contributed by atoms with E-state index < -0.39 is 6.09 Å². The second kappa shape index (κ2) is 5.04. The van der Waals surface area contributed by atoms with Gasteiger partial charge < -0.3 is 15.2 Å². The molecule has 3 unspecified atom stereocenters. The third-order valence-electron chi connectivity index (χ3n) is 2.73. The predicted molar refractivity (Wildman–Crippen MR) is 62.5 cm³/mol. The second-order valence-electron chi connectivity index (χ2n) is 6.03. The van der Waals surface area contributed by atoms with Crippen LogP contribution in [0, 0.1) is 11.3 Å². The number of epoxide rings is 1. The van der Waals surface area contributed by atoms with Gasteiger partial charge in [-0.2, -0.15) is 0 Å². The van der Waals surface area contributed by atoms with Gasteiger partial charge in [-0.3, -0.25) is 0 Å². The summed E-state index contributed by atoms with van der Waals surface area (Å²) in [4.78, 5) is 10.6. The van der Waals surface area contributed by atoms with Crippen LogP contribution in [0.1, 0.15) is 40.5 Å². The second-order valence-corrected chi connectivity index (χ2v) is 6.03. The average molecular weight is 229 g/mol. The van der Waals surface area contributed by atoms with E-state index in [2.05, 4.69) is 33.0 Å². The Kier molecular flexibility index (Phi) is 4.19. The molecule has 0 radical (unpaired) electrons. The smallest absolute Gasteiger partial charge is 0.404 e. The van der Waals surface area contributed by atoms with Gasteiger partial charge in [-0.1, -0.05) is 27.7 Å². The van der Waals surface area contributed by atoms with Gasteiger partial charge in [0.1, 0.15) is 6.10 Å². The Morgan fingerprint density at radius 2 is 2.12 bits per heavy atom. The van der Waals surface area contributed by atoms with Gasteiger partial charge >= 0.3 is 6.09 Å². The van der Waals surface area contributed by atoms with Crippen LogP contribution in [-0.4, -0.2) is 30.0 Å². The summed E-state index contributed by atoms with van der Waals surface area (Å²) in [7, 11) is 0. The summed E-state index contributed by atoms with van der Waals surface area (Å²) in [6.07, 6.45) is 1.09. The van der Waals surface area contributed by atoms with E-state index in [1.807, 2.05) is 0 Å². The third-order valence-corrected chi connectivity index (χ3v) is 2.73. The van der Waals surface area contributed by atoms with Crippen LogP contribution in [0.25, 0.3) is 0 Å². The monoisotopic (exact) mass is 229 g/mol. The zero-order valence-corrected chi connectivity index (χ0v) is 10.6. The van der Waals surface area contributed by atoms with Crippen molar-refractivity contribution in [2.75, 3.05) is 6.61 Å². The van der Waals surface area contributed by atoms with E-state index in [0.717, 1.165) is 12.8 Å². The molecule has 3 atom stereocenters. The van der Waals surface area contributed by atoms with Crippen molar-refractivity contribution in [3.8, 4) is 0 Å². The van der Waals surface area contributed by atoms with Crippen LogP contribution in [0.15, 0.2) is 0 Å². The van der Waals surface area contributed by atoms with Crippen molar-refractivity contribution < 1.29 is 14.6 Å². The number of amides is 1. The molecule has 0 saturated carbocycles. The maximum absolute atomic E-state index is 10.6. The number of rotatable bonds is 5. The lowest BCUT2D eigenvalue weighted by molar-refractivity contribution is 0.180. The van der Waals surface area contributed by atoms with Crippen molar-refractivity contribution >= 4 is 6.09 Å². The first-order valence-electron chi connectivity index (χ1n) is 5.89. The fourth-order valence-electron chi connectivity index (χ4n) is 2.31. The summed E-state index contributed by atoms with van der Waals surface area (Å²) >= 11 is 0. The zero-order chi connectivity index (χ0) is 12.3. The topological polar surface area (TPSA) is 61.9 Å². The highest BCUT2D eigenvalue weighted by molar-refractivity contribution is 5.65. The number of carbonyl (C=O) groups is 1. The zero-order valence-electron chi connectivity index (χ0n) is 10.6. The van der Waals surface area contributed by atoms with E-state index in [4.69, 9.17) is 9.84 Å². The lowest BCUT2D eigenvalue weighted by Crippen LogP contribution is -2.39. The number of hydrogen-bond donors (Lipinski definition) is 2. The van der Waals surface area contributed by atoms with Gasteiger partial charge in [0.25, 0.3) is 0 Å². The van der Waals surface area contributed by atoms with Gasteiger partial charge in [0.2, 0.25) is 0 Å². The van der Waals surface area contributed by atoms with Crippen LogP contribution in [0.4, 0.5) is 4.79 Å². The first-order valence-corrected chi connectivity index (χ1v) is 5.89. The van der Waals surface area contributed by atoms with E-state index in [1.165, 1.54) is 0 Å². The van der Waals surface area contributed by atoms with E-state index in [9.17, 15) is 4.79 Å². The van der Waals surface area contributed by atoms with Crippen LogP contribution >= 0.6 is 0 Å². The Hall–Kier alpha value is -0.770. The number of carboxylic acid groups (broad SMARTS) is 1. The van der Waals surface area contributed by atoms with Crippen molar-refractivity contribution in [3.63, 3.8) is 0 Å². The van der Waals surface area contributed by atoms with Crippen molar-refractivity contribution in [1.82, 2.24) is 5.32 Å². The lowest BCUT2D eigenvalue weighted by atomic mass is 9.82. The lowest BCUT2D eigenvalue weighted by Gasteiger charge is -2.26. The van der Waals surface area contributed by atoms with Crippen LogP contribution in [-0.2, 0) is 4.74 Å². The fraction of sp³-hybridized carbons (Fsp3) is 0.917. The summed E-state index contributed by atoms with van der Waals surface area (Å²) in [5.41, 5.74) is 0.289. The van der Waals surface area contributed by atoms with Crippen molar-refractivity contribution in [2.45, 2.75) is 52.7 Å². The molecule has 1 saturated heterocycles. The predicted octanol–water partition coefficient (Wildman–Crippen LogP) is 2.48. The third kappa shape index (κ3) is 5.35. The average Bonchev–Trinajstić information content (AvgIpc) is 2.78. The van der Waals surface area contributed by atoms with Crippen LogP contribution in [0.5, 0.6) is 0 Å². The van der Waals surface area contributed by atoms with E-state index in [-0.39, 0.29) is 17.6 Å². The standard InChI is InChI=1S/C12H23NO3/c1-8(6-12(2,3)4)5-9(10-7-16-10)13-11(14)15/h8-10,13H,5-7H2,1-4H3,(H,14,15). The number of ether oxygens (including phenoxy) is 1. The van der Waals surface area contributed by atoms with E-state index >= 15 is 0 Å². The molecule has 0 aromatic rings. The summed E-state index contributed by atoms with van der Waals surface area (Å²) in [5.74, 6) is 0.501. The molecule has 0 aromatic carbocycles. The minimum absolute atomic E-state index is 0.0464. The molecule has 4 nitrogen and oxygen atoms in total. The SMILES string of the molecule is CC(CC(NC(=O)O)C1CO1)CC(C)(C)C. The van der Waals surface area contributed by atoms with E-state index in [1.54, 1.807) is 0 Å². The molecule has 1 aliphatic heterocycles. The van der Waals surface area contributed by atoms with Crippen molar-refractivity contribution in [2.24, 2.45) is 11.3 Å². The van der Waals surface area contributed by atoms with Gasteiger partial charge in [-0.25, -0.2) is 4.79 Å². The highest BCUT2D eigenvalue weighted by atomic mass is 16.6. The minimum Gasteiger partial charge on any atom is -0.465 e. The molecule has 4 heteroatoms. The molecule has 0 spiro atoms. The normalized spacial score (nSPS) is 23.6. The van der Waals surface area contributed by atoms with Gasteiger partial charge in [0.05, 0.1) is 12.6 Å². The molecule has 94 valence electrons. The first-order chi connectivity index (χ1) is 7.28.